The summed E-state index contributed by atoms with van der Waals surface area (Å²) in [4.78, 5) is 0. The summed E-state index contributed by atoms with van der Waals surface area (Å²) in [7, 11) is 0. The number of rotatable bonds is 10. The summed E-state index contributed by atoms with van der Waals surface area (Å²) in [6.45, 7) is 4.33. The molecule has 0 saturated heterocycles. The van der Waals surface area contributed by atoms with E-state index in [2.05, 4.69) is 13.8 Å². The molecule has 2 heteroatoms. The van der Waals surface area contributed by atoms with Crippen molar-refractivity contribution < 1.29 is 10.2 Å². The van der Waals surface area contributed by atoms with Gasteiger partial charge in [0.25, 0.3) is 0 Å². The molecular weight excluding hydrogens is 188 g/mol. The van der Waals surface area contributed by atoms with E-state index in [9.17, 15) is 10.2 Å². The van der Waals surface area contributed by atoms with Gasteiger partial charge in [-0.1, -0.05) is 52.4 Å². The molecule has 0 saturated carbocycles. The van der Waals surface area contributed by atoms with E-state index in [1.165, 1.54) is 25.7 Å². The summed E-state index contributed by atoms with van der Waals surface area (Å²) >= 11 is 0. The molecule has 0 unspecified atom stereocenters. The molecule has 0 bridgehead atoms. The molecule has 2 nitrogen and oxygen atoms in total. The second-order valence-corrected chi connectivity index (χ2v) is 4.60. The molecule has 0 radical (unpaired) electrons. The zero-order chi connectivity index (χ0) is 11.6. The Hall–Kier alpha value is -0.0800. The van der Waals surface area contributed by atoms with E-state index in [1.54, 1.807) is 0 Å². The van der Waals surface area contributed by atoms with Gasteiger partial charge in [0.15, 0.2) is 5.79 Å². The minimum atomic E-state index is -1.40. The van der Waals surface area contributed by atoms with Crippen molar-refractivity contribution in [2.45, 2.75) is 83.8 Å². The fourth-order valence-corrected chi connectivity index (χ4v) is 1.79. The summed E-state index contributed by atoms with van der Waals surface area (Å²) in [6.07, 6.45) is 9.99. The maximum absolute atomic E-state index is 9.67. The molecule has 0 aromatic heterocycles. The topological polar surface area (TPSA) is 40.5 Å². The van der Waals surface area contributed by atoms with Crippen LogP contribution in [0.3, 0.4) is 0 Å². The predicted octanol–water partition coefficient (Wildman–Crippen LogP) is 3.61. The van der Waals surface area contributed by atoms with Crippen molar-refractivity contribution in [1.82, 2.24) is 0 Å². The minimum Gasteiger partial charge on any atom is -0.366 e. The van der Waals surface area contributed by atoms with Crippen molar-refractivity contribution in [2.24, 2.45) is 0 Å². The first-order valence-electron chi connectivity index (χ1n) is 6.57. The third-order valence-electron chi connectivity index (χ3n) is 2.86. The van der Waals surface area contributed by atoms with E-state index in [4.69, 9.17) is 0 Å². The summed E-state index contributed by atoms with van der Waals surface area (Å²) in [6, 6.07) is 0. The molecule has 0 amide bonds. The number of hydrogen-bond acceptors (Lipinski definition) is 2. The number of unbranched alkanes of at least 4 members (excludes halogenated alkanes) is 6. The van der Waals surface area contributed by atoms with Crippen molar-refractivity contribution in [2.75, 3.05) is 0 Å². The van der Waals surface area contributed by atoms with E-state index < -0.39 is 5.79 Å². The molecule has 0 aliphatic heterocycles. The second-order valence-electron chi connectivity index (χ2n) is 4.60. The molecule has 0 aromatic rings. The lowest BCUT2D eigenvalue weighted by Crippen LogP contribution is -2.27. The Bertz CT molecular complexity index is 118. The number of hydrogen-bond donors (Lipinski definition) is 2. The van der Waals surface area contributed by atoms with Crippen LogP contribution >= 0.6 is 0 Å². The van der Waals surface area contributed by atoms with E-state index in [0.29, 0.717) is 12.8 Å². The van der Waals surface area contributed by atoms with Crippen LogP contribution in [0.2, 0.25) is 0 Å². The summed E-state index contributed by atoms with van der Waals surface area (Å²) in [5.74, 6) is -1.40. The van der Waals surface area contributed by atoms with Gasteiger partial charge in [-0.25, -0.2) is 0 Å². The quantitative estimate of drug-likeness (QED) is 0.432. The zero-order valence-electron chi connectivity index (χ0n) is 10.5. The van der Waals surface area contributed by atoms with Crippen molar-refractivity contribution in [1.29, 1.82) is 0 Å². The first kappa shape index (κ1) is 14.9. The smallest absolute Gasteiger partial charge is 0.162 e. The highest BCUT2D eigenvalue weighted by Gasteiger charge is 2.20. The van der Waals surface area contributed by atoms with Crippen molar-refractivity contribution in [3.05, 3.63) is 0 Å². The first-order valence-corrected chi connectivity index (χ1v) is 6.57. The lowest BCUT2D eigenvalue weighted by Gasteiger charge is -2.21. The largest absolute Gasteiger partial charge is 0.366 e. The molecule has 0 aliphatic carbocycles. The summed E-state index contributed by atoms with van der Waals surface area (Å²) in [5.41, 5.74) is 0. The van der Waals surface area contributed by atoms with Gasteiger partial charge in [-0.2, -0.15) is 0 Å². The number of aliphatic hydroxyl groups is 2. The molecule has 0 heterocycles. The second kappa shape index (κ2) is 9.17. The molecule has 0 aliphatic rings. The van der Waals surface area contributed by atoms with Gasteiger partial charge in [0, 0.05) is 12.8 Å². The lowest BCUT2D eigenvalue weighted by atomic mass is 10.0. The predicted molar refractivity (Wildman–Crippen MR) is 64.7 cm³/mol. The molecule has 0 fully saturated rings. The van der Waals surface area contributed by atoms with Gasteiger partial charge >= 0.3 is 0 Å². The standard InChI is InChI=1S/C13H28O2/c1-3-5-7-9-11-13(14,15)12-10-8-6-4-2/h14-15H,3-12H2,1-2H3. The average Bonchev–Trinajstić information content (AvgIpc) is 2.20. The van der Waals surface area contributed by atoms with Gasteiger partial charge in [0.05, 0.1) is 0 Å². The monoisotopic (exact) mass is 216 g/mol. The van der Waals surface area contributed by atoms with Gasteiger partial charge in [-0.15, -0.1) is 0 Å². The Morgan fingerprint density at radius 1 is 0.667 bits per heavy atom. The Balaban J connectivity index is 3.40. The highest BCUT2D eigenvalue weighted by Crippen LogP contribution is 2.19. The van der Waals surface area contributed by atoms with Crippen LogP contribution in [0.15, 0.2) is 0 Å². The van der Waals surface area contributed by atoms with Crippen molar-refractivity contribution >= 4 is 0 Å². The SMILES string of the molecule is CCCCCCC(O)(O)CCCCCC. The highest BCUT2D eigenvalue weighted by atomic mass is 16.5. The van der Waals surface area contributed by atoms with Crippen LogP contribution in [-0.2, 0) is 0 Å². The van der Waals surface area contributed by atoms with E-state index in [0.717, 1.165) is 25.7 Å². The van der Waals surface area contributed by atoms with Crippen LogP contribution < -0.4 is 0 Å². The Labute approximate surface area is 94.7 Å². The third-order valence-corrected chi connectivity index (χ3v) is 2.86. The van der Waals surface area contributed by atoms with Crippen molar-refractivity contribution in [3.8, 4) is 0 Å². The molecule has 0 aromatic carbocycles. The van der Waals surface area contributed by atoms with E-state index in [-0.39, 0.29) is 0 Å². The van der Waals surface area contributed by atoms with Gasteiger partial charge < -0.3 is 10.2 Å². The van der Waals surface area contributed by atoms with Gasteiger partial charge in [-0.05, 0) is 12.8 Å². The lowest BCUT2D eigenvalue weighted by molar-refractivity contribution is -0.172. The highest BCUT2D eigenvalue weighted by molar-refractivity contribution is 4.64. The molecule has 15 heavy (non-hydrogen) atoms. The van der Waals surface area contributed by atoms with Crippen LogP contribution in [0.25, 0.3) is 0 Å². The Morgan fingerprint density at radius 2 is 1.07 bits per heavy atom. The normalized spacial score (nSPS) is 12.0. The van der Waals surface area contributed by atoms with E-state index in [1.807, 2.05) is 0 Å². The maximum Gasteiger partial charge on any atom is 0.162 e. The van der Waals surface area contributed by atoms with Gasteiger partial charge in [0.1, 0.15) is 0 Å². The Morgan fingerprint density at radius 3 is 1.40 bits per heavy atom. The van der Waals surface area contributed by atoms with E-state index >= 15 is 0 Å². The van der Waals surface area contributed by atoms with Crippen molar-refractivity contribution in [3.63, 3.8) is 0 Å². The van der Waals surface area contributed by atoms with Crippen LogP contribution in [0.4, 0.5) is 0 Å². The molecule has 0 spiro atoms. The molecular formula is C13H28O2. The molecule has 0 atom stereocenters. The molecule has 0 rings (SSSR count). The minimum absolute atomic E-state index is 0.541. The van der Waals surface area contributed by atoms with Crippen LogP contribution in [0.1, 0.15) is 78.1 Å². The maximum atomic E-state index is 9.67. The fraction of sp³-hybridized carbons (Fsp3) is 1.00. The van der Waals surface area contributed by atoms with Gasteiger partial charge in [-0.3, -0.25) is 0 Å². The summed E-state index contributed by atoms with van der Waals surface area (Å²) in [5, 5.41) is 19.3. The van der Waals surface area contributed by atoms with Crippen LogP contribution in [0, 0.1) is 0 Å². The average molecular weight is 216 g/mol. The van der Waals surface area contributed by atoms with Crippen LogP contribution in [-0.4, -0.2) is 16.0 Å². The third kappa shape index (κ3) is 10.2. The molecule has 2 N–H and O–H groups in total. The zero-order valence-corrected chi connectivity index (χ0v) is 10.5. The first-order chi connectivity index (χ1) is 7.12. The fourth-order valence-electron chi connectivity index (χ4n) is 1.79. The van der Waals surface area contributed by atoms with Gasteiger partial charge in [0.2, 0.25) is 0 Å². The summed E-state index contributed by atoms with van der Waals surface area (Å²) < 4.78 is 0. The molecule has 92 valence electrons. The Kier molecular flexibility index (Phi) is 9.12. The van der Waals surface area contributed by atoms with Crippen LogP contribution in [0.5, 0.6) is 0 Å².